The first kappa shape index (κ1) is 12.8. The number of rotatable bonds is 4. The molecule has 0 aromatic carbocycles. The lowest BCUT2D eigenvalue weighted by molar-refractivity contribution is -0.0754. The summed E-state index contributed by atoms with van der Waals surface area (Å²) in [4.78, 5) is 8.94. The zero-order chi connectivity index (χ0) is 13.6. The van der Waals surface area contributed by atoms with Gasteiger partial charge in [-0.1, -0.05) is 6.92 Å². The molecule has 4 aliphatic carbocycles. The van der Waals surface area contributed by atoms with E-state index in [1.165, 1.54) is 38.5 Å². The van der Waals surface area contributed by atoms with Crippen LogP contribution in [0.25, 0.3) is 0 Å². The van der Waals surface area contributed by atoms with Gasteiger partial charge >= 0.3 is 0 Å². The Hall–Kier alpha value is -0.960. The second kappa shape index (κ2) is 4.80. The smallest absolute Gasteiger partial charge is 0.0761 e. The van der Waals surface area contributed by atoms with E-state index in [4.69, 9.17) is 0 Å². The third-order valence-electron chi connectivity index (χ3n) is 5.99. The molecule has 1 unspecified atom stereocenters. The van der Waals surface area contributed by atoms with Gasteiger partial charge in [-0.15, -0.1) is 0 Å². The van der Waals surface area contributed by atoms with Crippen molar-refractivity contribution in [2.45, 2.75) is 51.5 Å². The highest BCUT2D eigenvalue weighted by Crippen LogP contribution is 2.63. The van der Waals surface area contributed by atoms with Crippen molar-refractivity contribution in [3.8, 4) is 0 Å². The Kier molecular flexibility index (Phi) is 3.06. The van der Waals surface area contributed by atoms with Crippen LogP contribution in [0.5, 0.6) is 0 Å². The van der Waals surface area contributed by atoms with E-state index in [1.807, 2.05) is 12.4 Å². The van der Waals surface area contributed by atoms with Gasteiger partial charge in [0.1, 0.15) is 0 Å². The molecule has 4 fully saturated rings. The molecule has 1 N–H and O–H groups in total. The second-order valence-electron chi connectivity index (χ2n) is 7.40. The first-order chi connectivity index (χ1) is 9.79. The largest absolute Gasteiger partial charge is 0.308 e. The number of nitrogens with one attached hydrogen (secondary N) is 1. The summed E-state index contributed by atoms with van der Waals surface area (Å²) < 4.78 is 0. The second-order valence-corrected chi connectivity index (χ2v) is 7.40. The fourth-order valence-electron chi connectivity index (χ4n) is 5.83. The van der Waals surface area contributed by atoms with Gasteiger partial charge in [0, 0.05) is 18.6 Å². The maximum absolute atomic E-state index is 4.63. The summed E-state index contributed by atoms with van der Waals surface area (Å²) in [7, 11) is 0. The molecule has 0 spiro atoms. The van der Waals surface area contributed by atoms with E-state index < -0.39 is 0 Å². The Morgan fingerprint density at radius 1 is 1.15 bits per heavy atom. The van der Waals surface area contributed by atoms with Crippen molar-refractivity contribution in [1.29, 1.82) is 0 Å². The van der Waals surface area contributed by atoms with Gasteiger partial charge in [-0.05, 0) is 68.2 Å². The molecule has 3 heteroatoms. The Morgan fingerprint density at radius 3 is 2.30 bits per heavy atom. The summed E-state index contributed by atoms with van der Waals surface area (Å²) in [5, 5.41) is 3.75. The molecule has 0 amide bonds. The van der Waals surface area contributed by atoms with Crippen molar-refractivity contribution in [3.63, 3.8) is 0 Å². The van der Waals surface area contributed by atoms with E-state index in [1.54, 1.807) is 6.20 Å². The predicted molar refractivity (Wildman–Crippen MR) is 79.1 cm³/mol. The van der Waals surface area contributed by atoms with E-state index in [-0.39, 0.29) is 0 Å². The summed E-state index contributed by atoms with van der Waals surface area (Å²) >= 11 is 0. The van der Waals surface area contributed by atoms with E-state index in [0.717, 1.165) is 30.0 Å². The molecule has 1 aromatic heterocycles. The molecular formula is C17H25N3. The SMILES string of the molecule is CCNC(c1cnccn1)C12CC3CC(CC(C3)C1)C2. The van der Waals surface area contributed by atoms with Gasteiger partial charge in [0.05, 0.1) is 11.7 Å². The fraction of sp³-hybridized carbons (Fsp3) is 0.765. The normalized spacial score (nSPS) is 40.0. The number of hydrogen-bond donors (Lipinski definition) is 1. The predicted octanol–water partition coefficient (Wildman–Crippen LogP) is 3.34. The van der Waals surface area contributed by atoms with E-state index in [9.17, 15) is 0 Å². The molecule has 0 radical (unpaired) electrons. The van der Waals surface area contributed by atoms with Gasteiger partial charge in [-0.25, -0.2) is 0 Å². The van der Waals surface area contributed by atoms with Gasteiger partial charge in [0.2, 0.25) is 0 Å². The Labute approximate surface area is 121 Å². The zero-order valence-corrected chi connectivity index (χ0v) is 12.4. The fourth-order valence-corrected chi connectivity index (χ4v) is 5.83. The minimum absolute atomic E-state index is 0.412. The lowest BCUT2D eigenvalue weighted by Gasteiger charge is -2.59. The molecule has 0 saturated heterocycles. The van der Waals surface area contributed by atoms with E-state index in [0.29, 0.717) is 11.5 Å². The lowest BCUT2D eigenvalue weighted by atomic mass is 9.47. The first-order valence-corrected chi connectivity index (χ1v) is 8.28. The van der Waals surface area contributed by atoms with Crippen LogP contribution in [0.3, 0.4) is 0 Å². The van der Waals surface area contributed by atoms with Gasteiger partial charge in [0.15, 0.2) is 0 Å². The summed E-state index contributed by atoms with van der Waals surface area (Å²) in [6.45, 7) is 3.23. The van der Waals surface area contributed by atoms with Crippen LogP contribution < -0.4 is 5.32 Å². The highest BCUT2D eigenvalue weighted by Gasteiger charge is 2.54. The van der Waals surface area contributed by atoms with Crippen molar-refractivity contribution in [3.05, 3.63) is 24.3 Å². The molecule has 20 heavy (non-hydrogen) atoms. The van der Waals surface area contributed by atoms with Crippen LogP contribution in [0.2, 0.25) is 0 Å². The molecule has 5 rings (SSSR count). The zero-order valence-electron chi connectivity index (χ0n) is 12.4. The van der Waals surface area contributed by atoms with Gasteiger partial charge in [-0.3, -0.25) is 9.97 Å². The Balaban J connectivity index is 1.69. The third-order valence-corrected chi connectivity index (χ3v) is 5.99. The Morgan fingerprint density at radius 2 is 1.80 bits per heavy atom. The van der Waals surface area contributed by atoms with Crippen molar-refractivity contribution in [2.24, 2.45) is 23.2 Å². The molecule has 108 valence electrons. The number of nitrogens with zero attached hydrogens (tertiary/aromatic N) is 2. The standard InChI is InChI=1S/C17H25N3/c1-2-19-16(15-11-18-3-4-20-15)17-8-12-5-13(9-17)7-14(6-12)10-17/h3-4,11-14,16,19H,2,5-10H2,1H3. The monoisotopic (exact) mass is 271 g/mol. The summed E-state index contributed by atoms with van der Waals surface area (Å²) in [6, 6.07) is 0.412. The van der Waals surface area contributed by atoms with E-state index in [2.05, 4.69) is 22.2 Å². The third kappa shape index (κ3) is 1.98. The van der Waals surface area contributed by atoms with Crippen molar-refractivity contribution in [1.82, 2.24) is 15.3 Å². The highest BCUT2D eigenvalue weighted by molar-refractivity contribution is 5.14. The van der Waals surface area contributed by atoms with Gasteiger partial charge in [-0.2, -0.15) is 0 Å². The van der Waals surface area contributed by atoms with Crippen LogP contribution >= 0.6 is 0 Å². The molecular weight excluding hydrogens is 246 g/mol. The molecule has 1 heterocycles. The Bertz CT molecular complexity index is 435. The first-order valence-electron chi connectivity index (χ1n) is 8.28. The molecule has 3 nitrogen and oxygen atoms in total. The molecule has 0 aliphatic heterocycles. The van der Waals surface area contributed by atoms with Crippen LogP contribution in [0.15, 0.2) is 18.6 Å². The van der Waals surface area contributed by atoms with Crippen LogP contribution in [0.4, 0.5) is 0 Å². The quantitative estimate of drug-likeness (QED) is 0.912. The lowest BCUT2D eigenvalue weighted by Crippen LogP contribution is -2.52. The minimum Gasteiger partial charge on any atom is -0.308 e. The van der Waals surface area contributed by atoms with Crippen LogP contribution in [0, 0.1) is 23.2 Å². The molecule has 4 saturated carbocycles. The maximum atomic E-state index is 4.63. The van der Waals surface area contributed by atoms with Gasteiger partial charge in [0.25, 0.3) is 0 Å². The van der Waals surface area contributed by atoms with E-state index >= 15 is 0 Å². The summed E-state index contributed by atoms with van der Waals surface area (Å²) in [5.41, 5.74) is 1.62. The highest BCUT2D eigenvalue weighted by atomic mass is 15.0. The molecule has 1 aromatic rings. The maximum Gasteiger partial charge on any atom is 0.0761 e. The molecule has 4 aliphatic rings. The number of hydrogen-bond acceptors (Lipinski definition) is 3. The summed E-state index contributed by atoms with van der Waals surface area (Å²) in [5.74, 6) is 2.96. The average molecular weight is 271 g/mol. The van der Waals surface area contributed by atoms with Crippen molar-refractivity contribution < 1.29 is 0 Å². The summed E-state index contributed by atoms with van der Waals surface area (Å²) in [6.07, 6.45) is 14.3. The van der Waals surface area contributed by atoms with Crippen LogP contribution in [-0.2, 0) is 0 Å². The number of aromatic nitrogens is 2. The van der Waals surface area contributed by atoms with Crippen LogP contribution in [-0.4, -0.2) is 16.5 Å². The molecule has 1 atom stereocenters. The minimum atomic E-state index is 0.412. The molecule has 4 bridgehead atoms. The average Bonchev–Trinajstić information content (AvgIpc) is 2.44. The van der Waals surface area contributed by atoms with Crippen LogP contribution in [0.1, 0.15) is 57.2 Å². The van der Waals surface area contributed by atoms with Crippen molar-refractivity contribution in [2.75, 3.05) is 6.54 Å². The van der Waals surface area contributed by atoms with Gasteiger partial charge < -0.3 is 5.32 Å². The van der Waals surface area contributed by atoms with Crippen molar-refractivity contribution >= 4 is 0 Å². The topological polar surface area (TPSA) is 37.8 Å².